The maximum absolute atomic E-state index is 13.2. The molecule has 2 saturated heterocycles. The van der Waals surface area contributed by atoms with Gasteiger partial charge in [-0.25, -0.2) is 0 Å². The zero-order valence-corrected chi connectivity index (χ0v) is 27.2. The quantitative estimate of drug-likeness (QED) is 0.340. The number of hydrogen-bond donors (Lipinski definition) is 2. The van der Waals surface area contributed by atoms with Crippen LogP contribution in [0.15, 0.2) is 48.5 Å². The Bertz CT molecular complexity index is 1350. The number of nitriles is 1. The summed E-state index contributed by atoms with van der Waals surface area (Å²) < 4.78 is 0. The van der Waals surface area contributed by atoms with E-state index in [0.29, 0.717) is 39.0 Å². The molecule has 12 heteroatoms. The fourth-order valence-corrected chi connectivity index (χ4v) is 7.41. The van der Waals surface area contributed by atoms with E-state index in [1.54, 1.807) is 16.8 Å². The van der Waals surface area contributed by atoms with Crippen molar-refractivity contribution in [3.63, 3.8) is 0 Å². The first-order valence-corrected chi connectivity index (χ1v) is 16.5. The summed E-state index contributed by atoms with van der Waals surface area (Å²) >= 11 is 7.90. The highest BCUT2D eigenvalue weighted by molar-refractivity contribution is 8.01. The van der Waals surface area contributed by atoms with Gasteiger partial charge < -0.3 is 25.3 Å². The summed E-state index contributed by atoms with van der Waals surface area (Å²) in [7, 11) is 1.80. The van der Waals surface area contributed by atoms with Gasteiger partial charge in [0.05, 0.1) is 33.9 Å². The Balaban J connectivity index is 1.25. The highest BCUT2D eigenvalue weighted by Gasteiger charge is 2.40. The van der Waals surface area contributed by atoms with Gasteiger partial charge in [-0.3, -0.25) is 19.3 Å². The number of carbonyl (C=O) groups is 3. The van der Waals surface area contributed by atoms with Crippen LogP contribution in [0.4, 0.5) is 17.1 Å². The summed E-state index contributed by atoms with van der Waals surface area (Å²) in [6.45, 7) is 8.84. The number of nitrogens with one attached hydrogen (secondary N) is 2. The van der Waals surface area contributed by atoms with Crippen molar-refractivity contribution in [3.8, 4) is 6.07 Å². The molecule has 2 aliphatic rings. The number of carbonyl (C=O) groups excluding carboxylic acids is 3. The number of benzene rings is 2. The minimum absolute atomic E-state index is 0.0234. The SMILES string of the molecule is CCNC(=O)C(C#N)CC1SC(CCNc2cccc(N(C)C(=O)CN3CCN(c4ccccc4Cl)CC3)c2)C(=O)N1CC. The van der Waals surface area contributed by atoms with Gasteiger partial charge in [0, 0.05) is 70.7 Å². The summed E-state index contributed by atoms with van der Waals surface area (Å²) in [5.41, 5.74) is 2.70. The molecule has 3 atom stereocenters. The molecule has 2 aliphatic heterocycles. The van der Waals surface area contributed by atoms with E-state index in [2.05, 4.69) is 26.5 Å². The number of para-hydroxylation sites is 1. The lowest BCUT2D eigenvalue weighted by Crippen LogP contribution is -2.49. The summed E-state index contributed by atoms with van der Waals surface area (Å²) in [5, 5.41) is 15.9. The van der Waals surface area contributed by atoms with E-state index < -0.39 is 5.92 Å². The Morgan fingerprint density at radius 3 is 2.57 bits per heavy atom. The van der Waals surface area contributed by atoms with Crippen LogP contribution in [-0.2, 0) is 14.4 Å². The van der Waals surface area contributed by atoms with Crippen molar-refractivity contribution in [1.82, 2.24) is 15.1 Å². The summed E-state index contributed by atoms with van der Waals surface area (Å²) in [4.78, 5) is 46.4. The minimum Gasteiger partial charge on any atom is -0.385 e. The maximum Gasteiger partial charge on any atom is 0.240 e. The topological polar surface area (TPSA) is 112 Å². The van der Waals surface area contributed by atoms with Gasteiger partial charge in [-0.1, -0.05) is 29.8 Å². The van der Waals surface area contributed by atoms with Crippen molar-refractivity contribution >= 4 is 58.1 Å². The Morgan fingerprint density at radius 2 is 1.89 bits per heavy atom. The van der Waals surface area contributed by atoms with Crippen LogP contribution in [0.25, 0.3) is 0 Å². The monoisotopic (exact) mass is 639 g/mol. The third kappa shape index (κ3) is 8.37. The van der Waals surface area contributed by atoms with E-state index in [4.69, 9.17) is 11.6 Å². The van der Waals surface area contributed by atoms with Crippen LogP contribution in [0.3, 0.4) is 0 Å². The first-order chi connectivity index (χ1) is 21.2. The van der Waals surface area contributed by atoms with Gasteiger partial charge in [0.1, 0.15) is 5.92 Å². The zero-order valence-electron chi connectivity index (χ0n) is 25.7. The number of anilines is 3. The highest BCUT2D eigenvalue weighted by Crippen LogP contribution is 2.37. The molecule has 3 unspecified atom stereocenters. The van der Waals surface area contributed by atoms with Crippen molar-refractivity contribution in [2.24, 2.45) is 5.92 Å². The van der Waals surface area contributed by atoms with Crippen LogP contribution >= 0.6 is 23.4 Å². The fourth-order valence-electron chi connectivity index (χ4n) is 5.57. The van der Waals surface area contributed by atoms with E-state index in [-0.39, 0.29) is 28.3 Å². The van der Waals surface area contributed by atoms with Crippen LogP contribution in [0.5, 0.6) is 0 Å². The second kappa shape index (κ2) is 16.0. The molecule has 44 heavy (non-hydrogen) atoms. The molecule has 2 fully saturated rings. The average Bonchev–Trinajstić information content (AvgIpc) is 3.33. The smallest absolute Gasteiger partial charge is 0.240 e. The van der Waals surface area contributed by atoms with Crippen molar-refractivity contribution < 1.29 is 14.4 Å². The van der Waals surface area contributed by atoms with E-state index in [1.165, 1.54) is 11.8 Å². The van der Waals surface area contributed by atoms with E-state index in [0.717, 1.165) is 48.3 Å². The van der Waals surface area contributed by atoms with Crippen molar-refractivity contribution in [2.45, 2.75) is 37.3 Å². The van der Waals surface area contributed by atoms with Crippen LogP contribution in [-0.4, -0.2) is 97.6 Å². The van der Waals surface area contributed by atoms with Crippen LogP contribution < -0.4 is 20.4 Å². The first-order valence-electron chi connectivity index (χ1n) is 15.2. The number of hydrogen-bond acceptors (Lipinski definition) is 8. The Morgan fingerprint density at radius 1 is 1.14 bits per heavy atom. The summed E-state index contributed by atoms with van der Waals surface area (Å²) in [6.07, 6.45) is 0.921. The van der Waals surface area contributed by atoms with Gasteiger partial charge in [-0.05, 0) is 50.6 Å². The second-order valence-electron chi connectivity index (χ2n) is 10.9. The molecule has 2 aromatic carbocycles. The molecule has 0 aliphatic carbocycles. The average molecular weight is 640 g/mol. The number of likely N-dealkylation sites (N-methyl/N-ethyl adjacent to an activating group) is 1. The third-order valence-electron chi connectivity index (χ3n) is 8.10. The minimum atomic E-state index is -0.786. The predicted octanol–water partition coefficient (Wildman–Crippen LogP) is 3.88. The molecule has 0 bridgehead atoms. The zero-order chi connectivity index (χ0) is 31.6. The van der Waals surface area contributed by atoms with Crippen LogP contribution in [0.1, 0.15) is 26.7 Å². The second-order valence-corrected chi connectivity index (χ2v) is 12.7. The van der Waals surface area contributed by atoms with Crippen molar-refractivity contribution in [2.75, 3.05) is 74.5 Å². The highest BCUT2D eigenvalue weighted by atomic mass is 35.5. The lowest BCUT2D eigenvalue weighted by molar-refractivity contribution is -0.131. The van der Waals surface area contributed by atoms with Gasteiger partial charge in [0.15, 0.2) is 0 Å². The number of thioether (sulfide) groups is 1. The Kier molecular flexibility index (Phi) is 12.2. The molecule has 0 radical (unpaired) electrons. The molecule has 2 N–H and O–H groups in total. The predicted molar refractivity (Wildman–Crippen MR) is 178 cm³/mol. The molecule has 0 spiro atoms. The normalized spacial score (nSPS) is 19.4. The van der Waals surface area contributed by atoms with E-state index in [1.807, 2.05) is 62.4 Å². The number of nitrogens with zero attached hydrogens (tertiary/aromatic N) is 5. The van der Waals surface area contributed by atoms with E-state index >= 15 is 0 Å². The molecule has 0 aromatic heterocycles. The number of piperazine rings is 1. The van der Waals surface area contributed by atoms with Crippen molar-refractivity contribution in [3.05, 3.63) is 53.6 Å². The largest absolute Gasteiger partial charge is 0.385 e. The number of halogens is 1. The Labute approximate surface area is 269 Å². The molecule has 4 rings (SSSR count). The molecule has 0 saturated carbocycles. The Hall–Kier alpha value is -3.46. The van der Waals surface area contributed by atoms with Gasteiger partial charge >= 0.3 is 0 Å². The lowest BCUT2D eigenvalue weighted by atomic mass is 10.1. The molecule has 236 valence electrons. The molecule has 2 heterocycles. The third-order valence-corrected chi connectivity index (χ3v) is 9.94. The molecular weight excluding hydrogens is 598 g/mol. The van der Waals surface area contributed by atoms with Crippen LogP contribution in [0, 0.1) is 17.2 Å². The number of amides is 3. The number of rotatable bonds is 13. The van der Waals surface area contributed by atoms with Gasteiger partial charge in [-0.2, -0.15) is 5.26 Å². The van der Waals surface area contributed by atoms with Gasteiger partial charge in [0.25, 0.3) is 0 Å². The first kappa shape index (κ1) is 33.4. The molecule has 2 aromatic rings. The summed E-state index contributed by atoms with van der Waals surface area (Å²) in [6, 6.07) is 17.7. The van der Waals surface area contributed by atoms with Gasteiger partial charge in [-0.15, -0.1) is 11.8 Å². The molecule has 10 nitrogen and oxygen atoms in total. The van der Waals surface area contributed by atoms with E-state index in [9.17, 15) is 19.6 Å². The van der Waals surface area contributed by atoms with Crippen LogP contribution in [0.2, 0.25) is 5.02 Å². The summed E-state index contributed by atoms with van der Waals surface area (Å²) in [5.74, 6) is -1.01. The maximum atomic E-state index is 13.2. The standard InChI is InChI=1S/C32H42ClN7O3S/c1-4-35-31(42)23(21-34)19-30-40(5-2)32(43)28(44-30)13-14-36-24-9-8-10-25(20-24)37(3)29(41)22-38-15-17-39(18-16-38)27-12-7-6-11-26(27)33/h6-12,20,23,28,30,36H,4-5,13-19,22H2,1-3H3,(H,35,42). The molecule has 3 amide bonds. The molecular formula is C32H42ClN7O3S. The van der Waals surface area contributed by atoms with Crippen molar-refractivity contribution in [1.29, 1.82) is 5.26 Å². The fraction of sp³-hybridized carbons (Fsp3) is 0.500. The van der Waals surface area contributed by atoms with Gasteiger partial charge in [0.2, 0.25) is 17.7 Å². The lowest BCUT2D eigenvalue weighted by Gasteiger charge is -2.36.